The van der Waals surface area contributed by atoms with Crippen LogP contribution >= 0.6 is 11.6 Å². The van der Waals surface area contributed by atoms with Crippen LogP contribution in [-0.2, 0) is 16.0 Å². The van der Waals surface area contributed by atoms with Crippen LogP contribution in [0.1, 0.15) is 21.7 Å². The van der Waals surface area contributed by atoms with Crippen molar-refractivity contribution in [3.8, 4) is 0 Å². The zero-order chi connectivity index (χ0) is 22.2. The van der Waals surface area contributed by atoms with Gasteiger partial charge in [0.2, 0.25) is 0 Å². The van der Waals surface area contributed by atoms with Gasteiger partial charge in [-0.1, -0.05) is 54.1 Å². The first-order valence-electron chi connectivity index (χ1n) is 9.30. The molecule has 31 heavy (non-hydrogen) atoms. The largest absolute Gasteiger partial charge is 0.548 e. The summed E-state index contributed by atoms with van der Waals surface area (Å²) in [6.45, 7) is 0. The first-order valence-corrected chi connectivity index (χ1v) is 9.68. The topological polar surface area (TPSA) is 111 Å². The summed E-state index contributed by atoms with van der Waals surface area (Å²) in [5.41, 5.74) is 1.12. The van der Waals surface area contributed by atoms with E-state index >= 15 is 0 Å². The highest BCUT2D eigenvalue weighted by Gasteiger charge is 2.20. The molecule has 1 aromatic heterocycles. The van der Waals surface area contributed by atoms with Gasteiger partial charge in [0.15, 0.2) is 5.76 Å². The van der Waals surface area contributed by atoms with E-state index in [4.69, 9.17) is 16.0 Å². The second-order valence-corrected chi connectivity index (χ2v) is 7.01. The average molecular weight is 438 g/mol. The maximum absolute atomic E-state index is 12.9. The van der Waals surface area contributed by atoms with Crippen molar-refractivity contribution >= 4 is 35.5 Å². The molecule has 1 atom stereocenters. The molecule has 0 aliphatic rings. The van der Waals surface area contributed by atoms with Crippen LogP contribution in [0.15, 0.2) is 83.1 Å². The Bertz CT molecular complexity index is 1080. The number of hydrogen-bond donors (Lipinski definition) is 2. The third-order valence-electron chi connectivity index (χ3n) is 4.29. The van der Waals surface area contributed by atoms with Crippen molar-refractivity contribution in [3.05, 3.63) is 101 Å². The van der Waals surface area contributed by atoms with Gasteiger partial charge in [-0.15, -0.1) is 0 Å². The van der Waals surface area contributed by atoms with Gasteiger partial charge in [-0.25, -0.2) is 0 Å². The highest BCUT2D eigenvalue weighted by molar-refractivity contribution is 6.30. The fraction of sp³-hybridized carbons (Fsp3) is 0.0870. The first-order chi connectivity index (χ1) is 14.9. The van der Waals surface area contributed by atoms with Crippen molar-refractivity contribution in [1.29, 1.82) is 0 Å². The standard InChI is InChI=1S/C23H19ClN2O5/c24-17-10-8-16(9-11-17)13-18(25-22(28)20-7-4-12-31-20)21(27)26-19(23(29)30)14-15-5-2-1-3-6-15/h1-13,19H,14H2,(H,25,28)(H,26,27)(H,29,30)/p-1/b18-13-/t19-/m1/s1. The third kappa shape index (κ3) is 6.32. The van der Waals surface area contributed by atoms with Crippen molar-refractivity contribution in [2.75, 3.05) is 0 Å². The zero-order valence-corrected chi connectivity index (χ0v) is 17.0. The molecular formula is C23H18ClN2O5-. The van der Waals surface area contributed by atoms with E-state index in [0.29, 0.717) is 16.1 Å². The molecule has 2 amide bonds. The number of carbonyl (C=O) groups is 3. The average Bonchev–Trinajstić information content (AvgIpc) is 3.30. The van der Waals surface area contributed by atoms with Gasteiger partial charge in [-0.3, -0.25) is 9.59 Å². The van der Waals surface area contributed by atoms with Crippen LogP contribution in [0.4, 0.5) is 0 Å². The molecule has 0 unspecified atom stereocenters. The molecule has 0 radical (unpaired) electrons. The molecule has 0 spiro atoms. The van der Waals surface area contributed by atoms with Gasteiger partial charge >= 0.3 is 0 Å². The Morgan fingerprint density at radius 2 is 1.71 bits per heavy atom. The number of aliphatic carboxylic acids is 1. The molecule has 7 nitrogen and oxygen atoms in total. The van der Waals surface area contributed by atoms with E-state index in [1.807, 2.05) is 0 Å². The molecule has 158 valence electrons. The number of hydrogen-bond acceptors (Lipinski definition) is 5. The highest BCUT2D eigenvalue weighted by Crippen LogP contribution is 2.13. The minimum atomic E-state index is -1.44. The van der Waals surface area contributed by atoms with E-state index in [2.05, 4.69) is 10.6 Å². The number of halogens is 1. The smallest absolute Gasteiger partial charge is 0.291 e. The summed E-state index contributed by atoms with van der Waals surface area (Å²) in [4.78, 5) is 36.9. The maximum Gasteiger partial charge on any atom is 0.291 e. The lowest BCUT2D eigenvalue weighted by molar-refractivity contribution is -0.308. The van der Waals surface area contributed by atoms with Gasteiger partial charge in [0, 0.05) is 5.02 Å². The summed E-state index contributed by atoms with van der Waals surface area (Å²) in [7, 11) is 0. The summed E-state index contributed by atoms with van der Waals surface area (Å²) in [6.07, 6.45) is 2.75. The Labute approximate surface area is 183 Å². The van der Waals surface area contributed by atoms with Crippen LogP contribution in [0.5, 0.6) is 0 Å². The van der Waals surface area contributed by atoms with Gasteiger partial charge in [0.05, 0.1) is 18.3 Å². The van der Waals surface area contributed by atoms with Crippen molar-refractivity contribution < 1.29 is 23.9 Å². The second kappa shape index (κ2) is 10.3. The Balaban J connectivity index is 1.83. The summed E-state index contributed by atoms with van der Waals surface area (Å²) >= 11 is 5.89. The number of carboxylic acids is 1. The van der Waals surface area contributed by atoms with Crippen molar-refractivity contribution in [2.45, 2.75) is 12.5 Å². The fourth-order valence-corrected chi connectivity index (χ4v) is 2.88. The Kier molecular flexibility index (Phi) is 7.24. The lowest BCUT2D eigenvalue weighted by Gasteiger charge is -2.21. The fourth-order valence-electron chi connectivity index (χ4n) is 2.75. The van der Waals surface area contributed by atoms with E-state index in [0.717, 1.165) is 0 Å². The number of furan rings is 1. The summed E-state index contributed by atoms with van der Waals surface area (Å²) in [5, 5.41) is 17.0. The lowest BCUT2D eigenvalue weighted by atomic mass is 10.1. The molecule has 3 rings (SSSR count). The van der Waals surface area contributed by atoms with Crippen LogP contribution in [-0.4, -0.2) is 23.8 Å². The SMILES string of the molecule is O=C(N[C@H](Cc1ccccc1)C(=O)[O-])/C(=C/c1ccc(Cl)cc1)NC(=O)c1ccco1. The Morgan fingerprint density at radius 3 is 2.32 bits per heavy atom. The Hall–Kier alpha value is -3.84. The van der Waals surface area contributed by atoms with Gasteiger partial charge in [0.1, 0.15) is 5.70 Å². The van der Waals surface area contributed by atoms with Gasteiger partial charge in [-0.2, -0.15) is 0 Å². The van der Waals surface area contributed by atoms with E-state index in [-0.39, 0.29) is 17.9 Å². The van der Waals surface area contributed by atoms with Crippen LogP contribution in [0.25, 0.3) is 6.08 Å². The van der Waals surface area contributed by atoms with E-state index in [1.54, 1.807) is 54.6 Å². The second-order valence-electron chi connectivity index (χ2n) is 6.58. The van der Waals surface area contributed by atoms with Crippen LogP contribution in [0, 0.1) is 0 Å². The zero-order valence-electron chi connectivity index (χ0n) is 16.2. The van der Waals surface area contributed by atoms with E-state index < -0.39 is 23.8 Å². The summed E-state index contributed by atoms with van der Waals surface area (Å²) in [5.74, 6) is -2.90. The predicted molar refractivity (Wildman–Crippen MR) is 113 cm³/mol. The number of carboxylic acid groups (broad SMARTS) is 1. The number of nitrogens with one attached hydrogen (secondary N) is 2. The van der Waals surface area contributed by atoms with Gasteiger partial charge in [0.25, 0.3) is 11.8 Å². The molecule has 3 aromatic rings. The maximum atomic E-state index is 12.9. The summed E-state index contributed by atoms with van der Waals surface area (Å²) in [6, 6.07) is 17.0. The number of rotatable bonds is 8. The normalized spacial score (nSPS) is 12.1. The number of benzene rings is 2. The van der Waals surface area contributed by atoms with E-state index in [9.17, 15) is 19.5 Å². The molecule has 1 heterocycles. The highest BCUT2D eigenvalue weighted by atomic mass is 35.5. The van der Waals surface area contributed by atoms with Crippen LogP contribution in [0.2, 0.25) is 5.02 Å². The number of amides is 2. The van der Waals surface area contributed by atoms with Gasteiger partial charge in [-0.05, 0) is 47.9 Å². The lowest BCUT2D eigenvalue weighted by Crippen LogP contribution is -2.50. The monoisotopic (exact) mass is 437 g/mol. The Morgan fingerprint density at radius 1 is 1.00 bits per heavy atom. The molecule has 0 fully saturated rings. The third-order valence-corrected chi connectivity index (χ3v) is 4.54. The molecule has 0 aliphatic heterocycles. The van der Waals surface area contributed by atoms with Crippen molar-refractivity contribution in [2.24, 2.45) is 0 Å². The molecule has 0 saturated heterocycles. The van der Waals surface area contributed by atoms with Crippen molar-refractivity contribution in [3.63, 3.8) is 0 Å². The molecule has 0 bridgehead atoms. The predicted octanol–water partition coefficient (Wildman–Crippen LogP) is 2.18. The first kappa shape index (κ1) is 21.9. The molecule has 8 heteroatoms. The van der Waals surface area contributed by atoms with Crippen LogP contribution < -0.4 is 15.7 Å². The quantitative estimate of drug-likeness (QED) is 0.525. The number of carbonyl (C=O) groups excluding carboxylic acids is 3. The molecule has 2 N–H and O–H groups in total. The molecule has 2 aromatic carbocycles. The molecule has 0 aliphatic carbocycles. The van der Waals surface area contributed by atoms with Gasteiger partial charge < -0.3 is 25.0 Å². The minimum Gasteiger partial charge on any atom is -0.548 e. The van der Waals surface area contributed by atoms with Crippen molar-refractivity contribution in [1.82, 2.24) is 10.6 Å². The summed E-state index contributed by atoms with van der Waals surface area (Å²) < 4.78 is 5.05. The van der Waals surface area contributed by atoms with Crippen LogP contribution in [0.3, 0.4) is 0 Å². The van der Waals surface area contributed by atoms with E-state index in [1.165, 1.54) is 24.5 Å². The minimum absolute atomic E-state index is 0.00413. The molecule has 0 saturated carbocycles. The molecular weight excluding hydrogens is 420 g/mol.